The summed E-state index contributed by atoms with van der Waals surface area (Å²) in [5.41, 5.74) is 8.06. The van der Waals surface area contributed by atoms with E-state index in [-0.39, 0.29) is 23.6 Å². The second-order valence-electron chi connectivity index (χ2n) is 10.5. The Labute approximate surface area is 246 Å². The number of anilines is 3. The van der Waals surface area contributed by atoms with Crippen molar-refractivity contribution in [3.63, 3.8) is 0 Å². The fourth-order valence-corrected chi connectivity index (χ4v) is 4.92. The van der Waals surface area contributed by atoms with Crippen LogP contribution in [0.4, 0.5) is 34.9 Å². The lowest BCUT2D eigenvalue weighted by Gasteiger charge is -2.22. The van der Waals surface area contributed by atoms with E-state index in [0.29, 0.717) is 23.6 Å². The Balaban J connectivity index is 1.28. The molecule has 1 amide bonds. The zero-order valence-electron chi connectivity index (χ0n) is 23.2. The van der Waals surface area contributed by atoms with Gasteiger partial charge in [0, 0.05) is 24.0 Å². The Morgan fingerprint density at radius 2 is 1.81 bits per heavy atom. The number of piperidine rings is 1. The Morgan fingerprint density at radius 1 is 1.05 bits per heavy atom. The first-order chi connectivity index (χ1) is 20.7. The molecule has 5 N–H and O–H groups in total. The number of carbonyl (C=O) groups is 1. The van der Waals surface area contributed by atoms with E-state index in [9.17, 15) is 22.4 Å². The van der Waals surface area contributed by atoms with Crippen LogP contribution in [0.5, 0.6) is 0 Å². The topological polar surface area (TPSA) is 118 Å². The third-order valence-corrected chi connectivity index (χ3v) is 7.34. The number of carbonyl (C=O) groups excluding carboxylic acids is 1. The molecule has 1 saturated heterocycles. The highest BCUT2D eigenvalue weighted by atomic mass is 19.4. The SMILES string of the molecule is Nc1ncc(-c2ccc(CNc3ncc(C(F)(F)F)cc3C(=O)Nc3ccc(F)cc3)cc2)nc1CCC1CCCNC1. The van der Waals surface area contributed by atoms with Gasteiger partial charge in [-0.05, 0) is 80.6 Å². The number of alkyl halides is 3. The molecule has 43 heavy (non-hydrogen) atoms. The van der Waals surface area contributed by atoms with Gasteiger partial charge in [-0.15, -0.1) is 0 Å². The number of rotatable bonds is 9. The van der Waals surface area contributed by atoms with Crippen LogP contribution in [0.2, 0.25) is 0 Å². The van der Waals surface area contributed by atoms with Crippen LogP contribution in [0.3, 0.4) is 0 Å². The van der Waals surface area contributed by atoms with Gasteiger partial charge in [0.15, 0.2) is 0 Å². The third kappa shape index (κ3) is 7.83. The van der Waals surface area contributed by atoms with Crippen LogP contribution >= 0.6 is 0 Å². The predicted octanol–water partition coefficient (Wildman–Crippen LogP) is 6.08. The number of aryl methyl sites for hydroxylation is 1. The van der Waals surface area contributed by atoms with E-state index >= 15 is 0 Å². The molecule has 8 nitrogen and oxygen atoms in total. The number of nitrogens with zero attached hydrogens (tertiary/aromatic N) is 3. The summed E-state index contributed by atoms with van der Waals surface area (Å²) in [6, 6.07) is 13.1. The van der Waals surface area contributed by atoms with Crippen molar-refractivity contribution in [2.75, 3.05) is 29.5 Å². The lowest BCUT2D eigenvalue weighted by atomic mass is 9.94. The first-order valence-electron chi connectivity index (χ1n) is 13.9. The van der Waals surface area contributed by atoms with Gasteiger partial charge in [-0.2, -0.15) is 13.2 Å². The zero-order valence-corrected chi connectivity index (χ0v) is 23.2. The highest BCUT2D eigenvalue weighted by Gasteiger charge is 2.32. The van der Waals surface area contributed by atoms with Crippen molar-refractivity contribution in [2.24, 2.45) is 5.92 Å². The van der Waals surface area contributed by atoms with Crippen LogP contribution in [0.25, 0.3) is 11.3 Å². The number of nitrogens with one attached hydrogen (secondary N) is 3. The van der Waals surface area contributed by atoms with E-state index in [1.807, 2.05) is 24.3 Å². The molecule has 1 unspecified atom stereocenters. The van der Waals surface area contributed by atoms with Crippen molar-refractivity contribution in [2.45, 2.75) is 38.4 Å². The standard InChI is InChI=1S/C31H31F4N7O/c32-23-8-10-24(11-9-23)41-30(43)25-14-22(31(33,34)35)17-40-29(25)39-16-20-3-6-21(7-4-20)27-18-38-28(36)26(42-27)12-5-19-2-1-13-37-15-19/h3-4,6-11,14,17-19,37H,1-2,5,12-13,15-16H2,(H2,36,38)(H,39,40)(H,41,43). The minimum absolute atomic E-state index is 0.0288. The summed E-state index contributed by atoms with van der Waals surface area (Å²) in [4.78, 5) is 25.9. The Kier molecular flexibility index (Phi) is 9.15. The van der Waals surface area contributed by atoms with Gasteiger partial charge in [-0.1, -0.05) is 24.3 Å². The molecular formula is C31H31F4N7O. The van der Waals surface area contributed by atoms with Crippen LogP contribution in [-0.4, -0.2) is 33.9 Å². The Bertz CT molecular complexity index is 1550. The van der Waals surface area contributed by atoms with Crippen LogP contribution in [0.1, 0.15) is 46.4 Å². The molecule has 2 aromatic carbocycles. The summed E-state index contributed by atoms with van der Waals surface area (Å²) in [5.74, 6) is -0.335. The van der Waals surface area contributed by atoms with Gasteiger partial charge in [-0.25, -0.2) is 19.3 Å². The number of pyridine rings is 1. The maximum atomic E-state index is 13.4. The first kappa shape index (κ1) is 29.9. The summed E-state index contributed by atoms with van der Waals surface area (Å²) < 4.78 is 53.4. The van der Waals surface area contributed by atoms with Crippen LogP contribution < -0.4 is 21.7 Å². The molecule has 224 valence electrons. The monoisotopic (exact) mass is 593 g/mol. The minimum atomic E-state index is -4.69. The van der Waals surface area contributed by atoms with Gasteiger partial charge >= 0.3 is 6.18 Å². The largest absolute Gasteiger partial charge is 0.417 e. The number of hydrogen-bond donors (Lipinski definition) is 4. The highest BCUT2D eigenvalue weighted by molar-refractivity contribution is 6.07. The Hall–Kier alpha value is -4.58. The second-order valence-corrected chi connectivity index (χ2v) is 10.5. The van der Waals surface area contributed by atoms with Gasteiger partial charge in [0.1, 0.15) is 17.5 Å². The average molecular weight is 594 g/mol. The van der Waals surface area contributed by atoms with Gasteiger partial charge in [0.2, 0.25) is 0 Å². The fraction of sp³-hybridized carbons (Fsp3) is 0.290. The molecule has 4 aromatic rings. The molecular weight excluding hydrogens is 562 g/mol. The first-order valence-corrected chi connectivity index (χ1v) is 13.9. The molecule has 1 atom stereocenters. The van der Waals surface area contributed by atoms with E-state index in [4.69, 9.17) is 10.7 Å². The van der Waals surface area contributed by atoms with Gasteiger partial charge in [0.25, 0.3) is 5.91 Å². The summed E-state index contributed by atoms with van der Waals surface area (Å²) >= 11 is 0. The van der Waals surface area contributed by atoms with E-state index in [0.717, 1.165) is 61.0 Å². The molecule has 2 aromatic heterocycles. The number of nitrogen functional groups attached to an aromatic ring is 1. The predicted molar refractivity (Wildman–Crippen MR) is 157 cm³/mol. The van der Waals surface area contributed by atoms with Gasteiger partial charge in [-0.3, -0.25) is 4.79 Å². The lowest BCUT2D eigenvalue weighted by Crippen LogP contribution is -2.30. The smallest absolute Gasteiger partial charge is 0.382 e. The third-order valence-electron chi connectivity index (χ3n) is 7.34. The fourth-order valence-electron chi connectivity index (χ4n) is 4.92. The lowest BCUT2D eigenvalue weighted by molar-refractivity contribution is -0.137. The number of amides is 1. The van der Waals surface area contributed by atoms with Crippen molar-refractivity contribution in [1.82, 2.24) is 20.3 Å². The van der Waals surface area contributed by atoms with Crippen LogP contribution in [0, 0.1) is 11.7 Å². The average Bonchev–Trinajstić information content (AvgIpc) is 3.01. The van der Waals surface area contributed by atoms with Gasteiger partial charge in [0.05, 0.1) is 28.7 Å². The molecule has 0 bridgehead atoms. The normalized spacial score (nSPS) is 15.2. The van der Waals surface area contributed by atoms with Crippen molar-refractivity contribution >= 4 is 23.2 Å². The molecule has 3 heterocycles. The van der Waals surface area contributed by atoms with E-state index < -0.39 is 23.5 Å². The Morgan fingerprint density at radius 3 is 2.51 bits per heavy atom. The molecule has 0 radical (unpaired) electrons. The number of halogens is 4. The van der Waals surface area contributed by atoms with Crippen molar-refractivity contribution in [3.05, 3.63) is 95.2 Å². The van der Waals surface area contributed by atoms with E-state index in [1.165, 1.54) is 25.0 Å². The van der Waals surface area contributed by atoms with Gasteiger partial charge < -0.3 is 21.7 Å². The summed E-state index contributed by atoms with van der Waals surface area (Å²) in [6.07, 6.45) is 1.71. The van der Waals surface area contributed by atoms with Crippen LogP contribution in [0.15, 0.2) is 67.0 Å². The summed E-state index contributed by atoms with van der Waals surface area (Å²) in [5, 5.41) is 8.87. The van der Waals surface area contributed by atoms with Crippen molar-refractivity contribution in [3.8, 4) is 11.3 Å². The zero-order chi connectivity index (χ0) is 30.4. The van der Waals surface area contributed by atoms with Crippen LogP contribution in [-0.2, 0) is 19.1 Å². The molecule has 0 aliphatic carbocycles. The van der Waals surface area contributed by atoms with E-state index in [2.05, 4.69) is 25.9 Å². The molecule has 12 heteroatoms. The molecule has 0 spiro atoms. The summed E-state index contributed by atoms with van der Waals surface area (Å²) in [7, 11) is 0. The molecule has 1 aliphatic rings. The quantitative estimate of drug-likeness (QED) is 0.174. The molecule has 1 aliphatic heterocycles. The number of benzene rings is 2. The number of nitrogens with two attached hydrogens (primary N) is 1. The minimum Gasteiger partial charge on any atom is -0.382 e. The van der Waals surface area contributed by atoms with Crippen molar-refractivity contribution < 1.29 is 22.4 Å². The number of hydrogen-bond acceptors (Lipinski definition) is 7. The molecule has 5 rings (SSSR count). The summed E-state index contributed by atoms with van der Waals surface area (Å²) in [6.45, 7) is 2.25. The van der Waals surface area contributed by atoms with Crippen molar-refractivity contribution in [1.29, 1.82) is 0 Å². The molecule has 1 fully saturated rings. The maximum Gasteiger partial charge on any atom is 0.417 e. The second kappa shape index (κ2) is 13.2. The highest BCUT2D eigenvalue weighted by Crippen LogP contribution is 2.31. The molecule has 0 saturated carbocycles. The number of aromatic nitrogens is 3. The maximum absolute atomic E-state index is 13.4. The van der Waals surface area contributed by atoms with E-state index in [1.54, 1.807) is 6.20 Å².